The molecule has 0 spiro atoms. The molecule has 0 amide bonds. The lowest BCUT2D eigenvalue weighted by Gasteiger charge is -2.39. The van der Waals surface area contributed by atoms with Crippen molar-refractivity contribution in [3.05, 3.63) is 128 Å². The van der Waals surface area contributed by atoms with Crippen molar-refractivity contribution in [2.75, 3.05) is 0 Å². The van der Waals surface area contributed by atoms with Gasteiger partial charge in [-0.2, -0.15) is 26.3 Å². The van der Waals surface area contributed by atoms with Gasteiger partial charge in [-0.15, -0.1) is 0 Å². The molecule has 0 atom stereocenters. The summed E-state index contributed by atoms with van der Waals surface area (Å²) >= 11 is 0. The second-order valence-electron chi connectivity index (χ2n) is 11.5. The van der Waals surface area contributed by atoms with Gasteiger partial charge < -0.3 is 0 Å². The van der Waals surface area contributed by atoms with Crippen molar-refractivity contribution in [1.82, 2.24) is 0 Å². The number of aryl methyl sites for hydroxylation is 8. The van der Waals surface area contributed by atoms with Crippen LogP contribution >= 0.6 is 0 Å². The zero-order valence-electron chi connectivity index (χ0n) is 25.3. The first-order valence-corrected chi connectivity index (χ1v) is 15.5. The number of rotatable bonds is 7. The second-order valence-corrected chi connectivity index (χ2v) is 13.5. The molecule has 0 saturated heterocycles. The van der Waals surface area contributed by atoms with Crippen molar-refractivity contribution in [3.63, 3.8) is 0 Å². The molecule has 0 N–H and O–H groups in total. The standard InChI is InChI=1S/C35H34F6O2S/c1-21-7-13-29(17-25(21)5)33(34(36,37)38,35(39,40)41)30-14-8-23(3)27(19-30)11-12-28-20-32(16-10-24(28)4)44(42,43)31-15-9-22(2)26(6)18-31/h7-10,13-20H,11-12H2,1-6H3. The predicted octanol–water partition coefficient (Wildman–Crippen LogP) is 9.57. The molecule has 44 heavy (non-hydrogen) atoms. The number of alkyl halides is 6. The van der Waals surface area contributed by atoms with Gasteiger partial charge in [0.1, 0.15) is 0 Å². The Morgan fingerprint density at radius 2 is 0.864 bits per heavy atom. The molecule has 2 nitrogen and oxygen atoms in total. The fourth-order valence-electron chi connectivity index (χ4n) is 5.50. The smallest absolute Gasteiger partial charge is 0.219 e. The van der Waals surface area contributed by atoms with Crippen LogP contribution in [-0.2, 0) is 28.1 Å². The van der Waals surface area contributed by atoms with Crippen LogP contribution in [0, 0.1) is 41.5 Å². The molecule has 4 aromatic rings. The lowest BCUT2D eigenvalue weighted by molar-refractivity contribution is -0.288. The summed E-state index contributed by atoms with van der Waals surface area (Å²) in [6.07, 6.45) is -11.1. The molecule has 0 aliphatic carbocycles. The molecule has 0 heterocycles. The van der Waals surface area contributed by atoms with E-state index in [1.54, 1.807) is 39.0 Å². The quantitative estimate of drug-likeness (QED) is 0.190. The van der Waals surface area contributed by atoms with Gasteiger partial charge in [0, 0.05) is 0 Å². The maximum atomic E-state index is 14.8. The molecule has 0 bridgehead atoms. The minimum Gasteiger partial charge on any atom is -0.219 e. The molecule has 4 aromatic carbocycles. The van der Waals surface area contributed by atoms with Gasteiger partial charge in [0.25, 0.3) is 0 Å². The second kappa shape index (κ2) is 11.7. The number of hydrogen-bond donors (Lipinski definition) is 0. The van der Waals surface area contributed by atoms with Crippen molar-refractivity contribution < 1.29 is 34.8 Å². The summed E-state index contributed by atoms with van der Waals surface area (Å²) in [6.45, 7) is 10.2. The van der Waals surface area contributed by atoms with Gasteiger partial charge in [-0.1, -0.05) is 48.5 Å². The highest BCUT2D eigenvalue weighted by molar-refractivity contribution is 7.91. The van der Waals surface area contributed by atoms with Gasteiger partial charge in [0.15, 0.2) is 0 Å². The molecule has 0 aliphatic rings. The topological polar surface area (TPSA) is 34.1 Å². The van der Waals surface area contributed by atoms with E-state index in [2.05, 4.69) is 0 Å². The Bertz CT molecular complexity index is 1800. The van der Waals surface area contributed by atoms with Crippen molar-refractivity contribution >= 4 is 9.84 Å². The van der Waals surface area contributed by atoms with Crippen LogP contribution in [-0.4, -0.2) is 20.8 Å². The van der Waals surface area contributed by atoms with Crippen molar-refractivity contribution in [2.45, 2.75) is 81.9 Å². The van der Waals surface area contributed by atoms with Gasteiger partial charge in [-0.05, 0) is 134 Å². The number of hydrogen-bond acceptors (Lipinski definition) is 2. The summed E-state index contributed by atoms with van der Waals surface area (Å²) in [4.78, 5) is 0.204. The van der Waals surface area contributed by atoms with Crippen molar-refractivity contribution in [3.8, 4) is 0 Å². The van der Waals surface area contributed by atoms with Crippen LogP contribution in [0.15, 0.2) is 82.6 Å². The minimum absolute atomic E-state index is 0.0646. The van der Waals surface area contributed by atoms with Crippen LogP contribution < -0.4 is 0 Å². The summed E-state index contributed by atoms with van der Waals surface area (Å²) < 4.78 is 115. The average molecular weight is 633 g/mol. The summed E-state index contributed by atoms with van der Waals surface area (Å²) in [6, 6.07) is 15.9. The first-order valence-electron chi connectivity index (χ1n) is 14.0. The molecule has 9 heteroatoms. The summed E-state index contributed by atoms with van der Waals surface area (Å²) in [7, 11) is -3.85. The fourth-order valence-corrected chi connectivity index (χ4v) is 6.90. The molecular weight excluding hydrogens is 598 g/mol. The Kier molecular flexibility index (Phi) is 8.88. The van der Waals surface area contributed by atoms with Gasteiger partial charge in [-0.3, -0.25) is 0 Å². The highest BCUT2D eigenvalue weighted by Crippen LogP contribution is 2.56. The number of sulfone groups is 1. The molecule has 0 aliphatic heterocycles. The summed E-state index contributed by atoms with van der Waals surface area (Å²) in [5.41, 5.74) is -1.15. The Morgan fingerprint density at radius 3 is 1.34 bits per heavy atom. The third kappa shape index (κ3) is 5.91. The largest absolute Gasteiger partial charge is 0.411 e. The van der Waals surface area contributed by atoms with E-state index >= 15 is 0 Å². The lowest BCUT2D eigenvalue weighted by atomic mass is 9.71. The molecule has 0 unspecified atom stereocenters. The third-order valence-electron chi connectivity index (χ3n) is 8.66. The van der Waals surface area contributed by atoms with Crippen LogP contribution in [0.1, 0.15) is 55.6 Å². The van der Waals surface area contributed by atoms with E-state index in [9.17, 15) is 34.8 Å². The Balaban J connectivity index is 1.77. The van der Waals surface area contributed by atoms with E-state index in [-0.39, 0.29) is 22.6 Å². The molecule has 0 radical (unpaired) electrons. The normalized spacial score (nSPS) is 12.9. The first kappa shape index (κ1) is 33.3. The van der Waals surface area contributed by atoms with E-state index in [0.717, 1.165) is 41.0 Å². The monoisotopic (exact) mass is 632 g/mol. The SMILES string of the molecule is Cc1ccc(C(c2ccc(C)c(CCc3cc(S(=O)(=O)c4ccc(C)c(C)c4)ccc3C)c2)(C(F)(F)F)C(F)(F)F)cc1C. The van der Waals surface area contributed by atoms with Crippen LogP contribution in [0.3, 0.4) is 0 Å². The van der Waals surface area contributed by atoms with E-state index in [1.807, 2.05) is 13.8 Å². The zero-order valence-corrected chi connectivity index (χ0v) is 26.2. The summed E-state index contributed by atoms with van der Waals surface area (Å²) in [5.74, 6) is 0. The summed E-state index contributed by atoms with van der Waals surface area (Å²) in [5, 5.41) is 0. The van der Waals surface area contributed by atoms with E-state index in [4.69, 9.17) is 0 Å². The van der Waals surface area contributed by atoms with E-state index in [0.29, 0.717) is 27.8 Å². The molecule has 0 saturated carbocycles. The van der Waals surface area contributed by atoms with Crippen LogP contribution in [0.4, 0.5) is 26.3 Å². The first-order chi connectivity index (χ1) is 20.3. The highest BCUT2D eigenvalue weighted by atomic mass is 32.2. The maximum absolute atomic E-state index is 14.8. The van der Waals surface area contributed by atoms with Gasteiger partial charge >= 0.3 is 12.4 Å². The molecule has 4 rings (SSSR count). The van der Waals surface area contributed by atoms with Crippen LogP contribution in [0.25, 0.3) is 0 Å². The Morgan fingerprint density at radius 1 is 0.477 bits per heavy atom. The maximum Gasteiger partial charge on any atom is 0.411 e. The Labute approximate surface area is 254 Å². The van der Waals surface area contributed by atoms with Gasteiger partial charge in [0.05, 0.1) is 9.79 Å². The number of halogens is 6. The third-order valence-corrected chi connectivity index (χ3v) is 10.4. The lowest BCUT2D eigenvalue weighted by Crippen LogP contribution is -2.54. The van der Waals surface area contributed by atoms with Crippen LogP contribution in [0.2, 0.25) is 0 Å². The molecular formula is C35H34F6O2S. The fraction of sp³-hybridized carbons (Fsp3) is 0.314. The van der Waals surface area contributed by atoms with Crippen LogP contribution in [0.5, 0.6) is 0 Å². The van der Waals surface area contributed by atoms with E-state index in [1.165, 1.54) is 37.3 Å². The van der Waals surface area contributed by atoms with E-state index < -0.39 is 38.7 Å². The molecule has 234 valence electrons. The van der Waals surface area contributed by atoms with Crippen molar-refractivity contribution in [2.24, 2.45) is 0 Å². The minimum atomic E-state index is -5.69. The van der Waals surface area contributed by atoms with Gasteiger partial charge in [0.2, 0.25) is 15.3 Å². The highest BCUT2D eigenvalue weighted by Gasteiger charge is 2.72. The molecule has 0 fully saturated rings. The average Bonchev–Trinajstić information content (AvgIpc) is 2.91. The Hall–Kier alpha value is -3.59. The number of benzene rings is 4. The van der Waals surface area contributed by atoms with Gasteiger partial charge in [-0.25, -0.2) is 8.42 Å². The van der Waals surface area contributed by atoms with Crippen molar-refractivity contribution in [1.29, 1.82) is 0 Å². The zero-order chi connectivity index (χ0) is 32.8. The predicted molar refractivity (Wildman–Crippen MR) is 160 cm³/mol. The molecule has 0 aromatic heterocycles.